The van der Waals surface area contributed by atoms with Crippen molar-refractivity contribution in [2.75, 3.05) is 5.32 Å². The number of anilines is 2. The first-order valence-electron chi connectivity index (χ1n) is 9.94. The lowest BCUT2D eigenvalue weighted by molar-refractivity contribution is -0.136. The SMILES string of the molecule is O=C(O)CCc1cccc(S(=O)(=O)c2cccc(-c3cccc(Nc4ncc[nH]4)c3)c2)c1. The van der Waals surface area contributed by atoms with Crippen LogP contribution in [0, 0.1) is 0 Å². The van der Waals surface area contributed by atoms with Gasteiger partial charge in [0.05, 0.1) is 9.79 Å². The van der Waals surface area contributed by atoms with E-state index in [0.29, 0.717) is 11.5 Å². The molecule has 0 fully saturated rings. The normalized spacial score (nSPS) is 11.2. The quantitative estimate of drug-likeness (QED) is 0.362. The Labute approximate surface area is 185 Å². The lowest BCUT2D eigenvalue weighted by Crippen LogP contribution is -2.04. The van der Waals surface area contributed by atoms with Gasteiger partial charge in [-0.25, -0.2) is 13.4 Å². The first-order chi connectivity index (χ1) is 15.4. The Morgan fingerprint density at radius 3 is 2.34 bits per heavy atom. The van der Waals surface area contributed by atoms with Gasteiger partial charge in [-0.05, 0) is 59.5 Å². The second-order valence-corrected chi connectivity index (χ2v) is 9.17. The number of nitrogens with zero attached hydrogens (tertiary/aromatic N) is 1. The van der Waals surface area contributed by atoms with Crippen LogP contribution in [0.4, 0.5) is 11.6 Å². The summed E-state index contributed by atoms with van der Waals surface area (Å²) >= 11 is 0. The summed E-state index contributed by atoms with van der Waals surface area (Å²) in [6.07, 6.45) is 3.59. The fourth-order valence-corrected chi connectivity index (χ4v) is 4.72. The van der Waals surface area contributed by atoms with Crippen LogP contribution in [0.1, 0.15) is 12.0 Å². The highest BCUT2D eigenvalue weighted by Crippen LogP contribution is 2.29. The summed E-state index contributed by atoms with van der Waals surface area (Å²) in [6, 6.07) is 20.8. The Morgan fingerprint density at radius 1 is 0.938 bits per heavy atom. The number of aromatic amines is 1. The molecule has 0 unspecified atom stereocenters. The van der Waals surface area contributed by atoms with Gasteiger partial charge in [-0.2, -0.15) is 0 Å². The number of rotatable bonds is 8. The van der Waals surface area contributed by atoms with Gasteiger partial charge in [0.15, 0.2) is 0 Å². The molecule has 1 aromatic heterocycles. The van der Waals surface area contributed by atoms with Gasteiger partial charge < -0.3 is 15.4 Å². The van der Waals surface area contributed by atoms with Gasteiger partial charge in [0.1, 0.15) is 0 Å². The Kier molecular flexibility index (Phi) is 6.04. The molecule has 0 radical (unpaired) electrons. The van der Waals surface area contributed by atoms with Crippen molar-refractivity contribution in [3.05, 3.63) is 90.8 Å². The summed E-state index contributed by atoms with van der Waals surface area (Å²) in [6.45, 7) is 0. The van der Waals surface area contributed by atoms with Crippen molar-refractivity contribution in [3.63, 3.8) is 0 Å². The molecule has 0 amide bonds. The van der Waals surface area contributed by atoms with Gasteiger partial charge in [0.2, 0.25) is 15.8 Å². The number of aryl methyl sites for hydroxylation is 1. The maximum atomic E-state index is 13.2. The van der Waals surface area contributed by atoms with E-state index in [9.17, 15) is 13.2 Å². The zero-order valence-corrected chi connectivity index (χ0v) is 17.8. The predicted octanol–water partition coefficient (Wildman–Crippen LogP) is 4.67. The van der Waals surface area contributed by atoms with E-state index in [0.717, 1.165) is 16.8 Å². The Balaban J connectivity index is 1.63. The Morgan fingerprint density at radius 2 is 1.62 bits per heavy atom. The lowest BCUT2D eigenvalue weighted by Gasteiger charge is -2.10. The van der Waals surface area contributed by atoms with E-state index in [1.807, 2.05) is 30.3 Å². The van der Waals surface area contributed by atoms with E-state index in [2.05, 4.69) is 15.3 Å². The molecule has 162 valence electrons. The van der Waals surface area contributed by atoms with Gasteiger partial charge in [0.25, 0.3) is 0 Å². The number of aliphatic carboxylic acids is 1. The minimum atomic E-state index is -3.76. The number of sulfone groups is 1. The number of imidazole rings is 1. The standard InChI is InChI=1S/C24H21N3O4S/c28-23(29)11-10-17-4-1-8-21(14-17)32(30,31)22-9-3-6-19(16-22)18-5-2-7-20(15-18)27-24-25-12-13-26-24/h1-9,12-16H,10-11H2,(H,28,29)(H2,25,26,27). The van der Waals surface area contributed by atoms with Crippen LogP contribution < -0.4 is 5.32 Å². The summed E-state index contributed by atoms with van der Waals surface area (Å²) < 4.78 is 26.5. The first kappa shape index (κ1) is 21.3. The molecule has 0 saturated heterocycles. The Hall–Kier alpha value is -3.91. The fourth-order valence-electron chi connectivity index (χ4n) is 3.35. The van der Waals surface area contributed by atoms with Gasteiger partial charge in [-0.1, -0.05) is 36.4 Å². The number of aromatic nitrogens is 2. The third-order valence-electron chi connectivity index (χ3n) is 4.94. The molecule has 0 aliphatic rings. The molecular formula is C24H21N3O4S. The Bertz CT molecular complexity index is 1350. The maximum absolute atomic E-state index is 13.2. The van der Waals surface area contributed by atoms with Crippen molar-refractivity contribution in [3.8, 4) is 11.1 Å². The highest BCUT2D eigenvalue weighted by molar-refractivity contribution is 7.91. The van der Waals surface area contributed by atoms with Crippen molar-refractivity contribution >= 4 is 27.4 Å². The molecule has 7 nitrogen and oxygen atoms in total. The number of carbonyl (C=O) groups is 1. The molecule has 32 heavy (non-hydrogen) atoms. The van der Waals surface area contributed by atoms with E-state index in [1.54, 1.807) is 48.8 Å². The van der Waals surface area contributed by atoms with Crippen LogP contribution in [0.15, 0.2) is 95.0 Å². The van der Waals surface area contributed by atoms with Crippen molar-refractivity contribution in [2.24, 2.45) is 0 Å². The molecule has 0 saturated carbocycles. The third-order valence-corrected chi connectivity index (χ3v) is 6.69. The number of H-pyrrole nitrogens is 1. The van der Waals surface area contributed by atoms with Crippen molar-refractivity contribution in [1.82, 2.24) is 9.97 Å². The molecule has 0 aliphatic carbocycles. The minimum absolute atomic E-state index is 0.0542. The molecule has 4 rings (SSSR count). The lowest BCUT2D eigenvalue weighted by atomic mass is 10.1. The highest BCUT2D eigenvalue weighted by atomic mass is 32.2. The smallest absolute Gasteiger partial charge is 0.303 e. The molecule has 3 aromatic carbocycles. The molecule has 4 aromatic rings. The van der Waals surface area contributed by atoms with E-state index >= 15 is 0 Å². The van der Waals surface area contributed by atoms with Crippen LogP contribution in [0.2, 0.25) is 0 Å². The third kappa shape index (κ3) is 4.87. The summed E-state index contributed by atoms with van der Waals surface area (Å²) in [7, 11) is -3.76. The zero-order chi connectivity index (χ0) is 22.6. The van der Waals surface area contributed by atoms with Gasteiger partial charge in [-0.15, -0.1) is 0 Å². The monoisotopic (exact) mass is 447 g/mol. The van der Waals surface area contributed by atoms with Gasteiger partial charge >= 0.3 is 5.97 Å². The molecule has 8 heteroatoms. The van der Waals surface area contributed by atoms with E-state index in [4.69, 9.17) is 5.11 Å². The second kappa shape index (κ2) is 9.07. The summed E-state index contributed by atoms with van der Waals surface area (Å²) in [5.74, 6) is -0.309. The summed E-state index contributed by atoms with van der Waals surface area (Å²) in [5.41, 5.74) is 3.10. The molecule has 0 spiro atoms. The number of nitrogens with one attached hydrogen (secondary N) is 2. The van der Waals surface area contributed by atoms with Crippen LogP contribution in [-0.4, -0.2) is 29.5 Å². The summed E-state index contributed by atoms with van der Waals surface area (Å²) in [5, 5.41) is 12.0. The van der Waals surface area contributed by atoms with Crippen LogP contribution in [-0.2, 0) is 21.1 Å². The van der Waals surface area contributed by atoms with Crippen LogP contribution in [0.5, 0.6) is 0 Å². The van der Waals surface area contributed by atoms with Crippen molar-refractivity contribution < 1.29 is 18.3 Å². The van der Waals surface area contributed by atoms with Gasteiger partial charge in [-0.3, -0.25) is 4.79 Å². The van der Waals surface area contributed by atoms with Crippen LogP contribution in [0.25, 0.3) is 11.1 Å². The number of hydrogen-bond acceptors (Lipinski definition) is 5. The average Bonchev–Trinajstić information content (AvgIpc) is 3.31. The van der Waals surface area contributed by atoms with E-state index < -0.39 is 15.8 Å². The molecule has 1 heterocycles. The largest absolute Gasteiger partial charge is 0.481 e. The van der Waals surface area contributed by atoms with Crippen molar-refractivity contribution in [1.29, 1.82) is 0 Å². The highest BCUT2D eigenvalue weighted by Gasteiger charge is 2.19. The molecule has 3 N–H and O–H groups in total. The zero-order valence-electron chi connectivity index (χ0n) is 17.0. The van der Waals surface area contributed by atoms with E-state index in [-0.39, 0.29) is 22.6 Å². The number of carboxylic acids is 1. The average molecular weight is 448 g/mol. The molecule has 0 bridgehead atoms. The molecular weight excluding hydrogens is 426 g/mol. The van der Waals surface area contributed by atoms with E-state index in [1.165, 1.54) is 6.07 Å². The van der Waals surface area contributed by atoms with Gasteiger partial charge in [0, 0.05) is 24.5 Å². The maximum Gasteiger partial charge on any atom is 0.303 e. The van der Waals surface area contributed by atoms with Crippen LogP contribution >= 0.6 is 0 Å². The second-order valence-electron chi connectivity index (χ2n) is 7.22. The first-order valence-corrected chi connectivity index (χ1v) is 11.4. The summed E-state index contributed by atoms with van der Waals surface area (Å²) in [4.78, 5) is 18.3. The van der Waals surface area contributed by atoms with Crippen LogP contribution in [0.3, 0.4) is 0 Å². The fraction of sp³-hybridized carbons (Fsp3) is 0.0833. The topological polar surface area (TPSA) is 112 Å². The minimum Gasteiger partial charge on any atom is -0.481 e. The molecule has 0 atom stereocenters. The molecule has 0 aliphatic heterocycles. The number of hydrogen-bond donors (Lipinski definition) is 3. The van der Waals surface area contributed by atoms with Crippen molar-refractivity contribution in [2.45, 2.75) is 22.6 Å². The number of carboxylic acid groups (broad SMARTS) is 1. The predicted molar refractivity (Wildman–Crippen MR) is 122 cm³/mol. The number of benzene rings is 3.